The molecule has 138 valence electrons. The third-order valence-electron chi connectivity index (χ3n) is 4.93. The zero-order valence-corrected chi connectivity index (χ0v) is 15.6. The van der Waals surface area contributed by atoms with Gasteiger partial charge >= 0.3 is 0 Å². The first-order valence-electron chi connectivity index (χ1n) is 9.16. The second-order valence-corrected chi connectivity index (χ2v) is 7.70. The number of para-hydroxylation sites is 1. The van der Waals surface area contributed by atoms with E-state index in [-0.39, 0.29) is 5.91 Å². The van der Waals surface area contributed by atoms with Crippen molar-refractivity contribution < 1.29 is 9.53 Å². The van der Waals surface area contributed by atoms with Gasteiger partial charge < -0.3 is 9.64 Å². The van der Waals surface area contributed by atoms with Crippen LogP contribution in [-0.4, -0.2) is 53.7 Å². The van der Waals surface area contributed by atoms with Gasteiger partial charge in [0.05, 0.1) is 23.4 Å². The number of benzene rings is 1. The summed E-state index contributed by atoms with van der Waals surface area (Å²) < 4.78 is 6.43. The van der Waals surface area contributed by atoms with Gasteiger partial charge in [0.2, 0.25) is 5.95 Å². The van der Waals surface area contributed by atoms with E-state index in [1.54, 1.807) is 4.90 Å². The third-order valence-corrected chi connectivity index (χ3v) is 5.95. The van der Waals surface area contributed by atoms with Gasteiger partial charge in [-0.3, -0.25) is 9.69 Å². The number of amides is 1. The highest BCUT2D eigenvalue weighted by molar-refractivity contribution is 7.20. The van der Waals surface area contributed by atoms with Gasteiger partial charge in [0.1, 0.15) is 5.82 Å². The predicted molar refractivity (Wildman–Crippen MR) is 105 cm³/mol. The molecule has 3 aromatic rings. The van der Waals surface area contributed by atoms with Crippen LogP contribution in [0.5, 0.6) is 0 Å². The van der Waals surface area contributed by atoms with Crippen LogP contribution in [0, 0.1) is 0 Å². The van der Waals surface area contributed by atoms with E-state index < -0.39 is 0 Å². The summed E-state index contributed by atoms with van der Waals surface area (Å²) in [5, 5.41) is 0.510. The van der Waals surface area contributed by atoms with Gasteiger partial charge in [-0.25, -0.2) is 9.97 Å². The van der Waals surface area contributed by atoms with Gasteiger partial charge in [-0.2, -0.15) is 4.98 Å². The van der Waals surface area contributed by atoms with Gasteiger partial charge in [-0.1, -0.05) is 12.1 Å². The van der Waals surface area contributed by atoms with Crippen molar-refractivity contribution in [2.75, 3.05) is 42.6 Å². The fourth-order valence-corrected chi connectivity index (χ4v) is 4.44. The first-order valence-corrected chi connectivity index (χ1v) is 9.97. The van der Waals surface area contributed by atoms with Crippen LogP contribution in [0.2, 0.25) is 0 Å². The summed E-state index contributed by atoms with van der Waals surface area (Å²) in [7, 11) is 0. The number of thiazole rings is 1. The molecule has 1 amide bonds. The van der Waals surface area contributed by atoms with Crippen molar-refractivity contribution in [3.05, 3.63) is 41.0 Å². The number of aryl methyl sites for hydroxylation is 1. The molecule has 0 N–H and O–H groups in total. The van der Waals surface area contributed by atoms with E-state index in [1.807, 2.05) is 30.5 Å². The van der Waals surface area contributed by atoms with E-state index in [4.69, 9.17) is 9.72 Å². The highest BCUT2D eigenvalue weighted by atomic mass is 32.1. The molecule has 2 aliphatic heterocycles. The summed E-state index contributed by atoms with van der Waals surface area (Å²) in [4.78, 5) is 30.9. The Bertz CT molecular complexity index is 966. The summed E-state index contributed by atoms with van der Waals surface area (Å²) in [6.45, 7) is 3.54. The standard InChI is InChI=1S/C19H19N5O2S/c25-18(17-21-14-5-1-2-6-15(14)27-17)24-7-3-4-13-12-20-19(22-16(13)24)23-8-10-26-11-9-23/h1-2,5-6,12H,3-4,7-11H2. The van der Waals surface area contributed by atoms with Crippen LogP contribution >= 0.6 is 11.3 Å². The first-order chi connectivity index (χ1) is 13.3. The summed E-state index contributed by atoms with van der Waals surface area (Å²) in [6.07, 6.45) is 3.66. The minimum atomic E-state index is -0.0798. The highest BCUT2D eigenvalue weighted by Gasteiger charge is 2.28. The molecule has 0 unspecified atom stereocenters. The molecule has 27 heavy (non-hydrogen) atoms. The lowest BCUT2D eigenvalue weighted by molar-refractivity contribution is 0.0984. The molecule has 0 aliphatic carbocycles. The summed E-state index contributed by atoms with van der Waals surface area (Å²) >= 11 is 1.43. The van der Waals surface area contributed by atoms with Crippen LogP contribution in [0.1, 0.15) is 21.8 Å². The van der Waals surface area contributed by atoms with Gasteiger partial charge in [0.15, 0.2) is 5.01 Å². The van der Waals surface area contributed by atoms with Gasteiger partial charge in [0, 0.05) is 31.4 Å². The zero-order chi connectivity index (χ0) is 18.2. The third kappa shape index (κ3) is 3.04. The monoisotopic (exact) mass is 381 g/mol. The summed E-state index contributed by atoms with van der Waals surface area (Å²) in [5.41, 5.74) is 1.88. The Balaban J connectivity index is 1.49. The van der Waals surface area contributed by atoms with E-state index in [0.717, 1.165) is 47.5 Å². The van der Waals surface area contributed by atoms with Crippen LogP contribution in [0.15, 0.2) is 30.5 Å². The lowest BCUT2D eigenvalue weighted by atomic mass is 10.1. The number of morpholine rings is 1. The number of ether oxygens (including phenoxy) is 1. The second-order valence-electron chi connectivity index (χ2n) is 6.67. The van der Waals surface area contributed by atoms with Crippen LogP contribution in [-0.2, 0) is 11.2 Å². The summed E-state index contributed by atoms with van der Waals surface area (Å²) in [5.74, 6) is 1.31. The Labute approximate surface area is 160 Å². The number of hydrogen-bond acceptors (Lipinski definition) is 7. The number of carbonyl (C=O) groups is 1. The van der Waals surface area contributed by atoms with Crippen LogP contribution in [0.3, 0.4) is 0 Å². The molecule has 2 aliphatic rings. The fourth-order valence-electron chi connectivity index (χ4n) is 3.52. The maximum absolute atomic E-state index is 13.2. The highest BCUT2D eigenvalue weighted by Crippen LogP contribution is 2.30. The average molecular weight is 381 g/mol. The number of fused-ring (bicyclic) bond motifs is 2. The number of carbonyl (C=O) groups excluding carboxylic acids is 1. The van der Waals surface area contributed by atoms with E-state index >= 15 is 0 Å². The minimum absolute atomic E-state index is 0.0798. The van der Waals surface area contributed by atoms with Crippen LogP contribution in [0.4, 0.5) is 11.8 Å². The van der Waals surface area contributed by atoms with Crippen LogP contribution in [0.25, 0.3) is 10.2 Å². The summed E-state index contributed by atoms with van der Waals surface area (Å²) in [6, 6.07) is 7.83. The predicted octanol–water partition coefficient (Wildman–Crippen LogP) is 2.52. The van der Waals surface area contributed by atoms with Crippen molar-refractivity contribution in [3.8, 4) is 0 Å². The van der Waals surface area contributed by atoms with E-state index in [1.165, 1.54) is 11.3 Å². The van der Waals surface area contributed by atoms with E-state index in [2.05, 4.69) is 14.9 Å². The molecular weight excluding hydrogens is 362 g/mol. The topological polar surface area (TPSA) is 71.5 Å². The fraction of sp³-hybridized carbons (Fsp3) is 0.368. The van der Waals surface area contributed by atoms with Crippen molar-refractivity contribution in [1.29, 1.82) is 0 Å². The van der Waals surface area contributed by atoms with E-state index in [9.17, 15) is 4.79 Å². The van der Waals surface area contributed by atoms with Gasteiger partial charge in [-0.05, 0) is 25.0 Å². The molecule has 0 saturated carbocycles. The molecule has 7 nitrogen and oxygen atoms in total. The average Bonchev–Trinajstić information content (AvgIpc) is 3.17. The molecule has 0 atom stereocenters. The molecule has 1 saturated heterocycles. The van der Waals surface area contributed by atoms with E-state index in [0.29, 0.717) is 30.7 Å². The molecule has 4 heterocycles. The molecule has 2 aromatic heterocycles. The number of hydrogen-bond donors (Lipinski definition) is 0. The molecule has 0 bridgehead atoms. The van der Waals surface area contributed by atoms with Crippen LogP contribution < -0.4 is 9.80 Å². The van der Waals surface area contributed by atoms with Crippen molar-refractivity contribution in [3.63, 3.8) is 0 Å². The number of aromatic nitrogens is 3. The maximum Gasteiger partial charge on any atom is 0.288 e. The quantitative estimate of drug-likeness (QED) is 0.679. The lowest BCUT2D eigenvalue weighted by Gasteiger charge is -2.31. The minimum Gasteiger partial charge on any atom is -0.378 e. The Morgan fingerprint density at radius 1 is 1.11 bits per heavy atom. The Kier molecular flexibility index (Phi) is 4.21. The molecule has 0 radical (unpaired) electrons. The van der Waals surface area contributed by atoms with Crippen molar-refractivity contribution in [2.24, 2.45) is 0 Å². The number of anilines is 2. The molecule has 8 heteroatoms. The van der Waals surface area contributed by atoms with Gasteiger partial charge in [-0.15, -0.1) is 11.3 Å². The molecule has 5 rings (SSSR count). The lowest BCUT2D eigenvalue weighted by Crippen LogP contribution is -2.39. The SMILES string of the molecule is O=C(c1nc2ccccc2s1)N1CCCc2cnc(N3CCOCC3)nc21. The molecule has 0 spiro atoms. The van der Waals surface area contributed by atoms with Gasteiger partial charge in [0.25, 0.3) is 5.91 Å². The number of rotatable bonds is 2. The Hall–Kier alpha value is -2.58. The van der Waals surface area contributed by atoms with Crippen molar-refractivity contribution in [1.82, 2.24) is 15.0 Å². The second kappa shape index (κ2) is 6.86. The molecular formula is C19H19N5O2S. The molecule has 1 aromatic carbocycles. The largest absolute Gasteiger partial charge is 0.378 e. The zero-order valence-electron chi connectivity index (χ0n) is 14.8. The first kappa shape index (κ1) is 16.6. The molecule has 1 fully saturated rings. The van der Waals surface area contributed by atoms with Crippen molar-refractivity contribution >= 4 is 39.2 Å². The Morgan fingerprint density at radius 2 is 1.96 bits per heavy atom. The number of nitrogens with zero attached hydrogens (tertiary/aromatic N) is 5. The Morgan fingerprint density at radius 3 is 2.81 bits per heavy atom. The van der Waals surface area contributed by atoms with Crippen molar-refractivity contribution in [2.45, 2.75) is 12.8 Å². The maximum atomic E-state index is 13.2. The normalized spacial score (nSPS) is 17.2. The smallest absolute Gasteiger partial charge is 0.288 e.